The number of hydrogen-bond donors (Lipinski definition) is 2. The topological polar surface area (TPSA) is 67.4 Å². The average molecular weight is 506 g/mol. The Morgan fingerprint density at radius 2 is 1.69 bits per heavy atom. The van der Waals surface area contributed by atoms with Crippen LogP contribution in [0.4, 0.5) is 11.4 Å². The molecule has 4 aromatic rings. The summed E-state index contributed by atoms with van der Waals surface area (Å²) < 4.78 is 6.21. The molecule has 9 heteroatoms. The first-order valence-electron chi connectivity index (χ1n) is 9.30. The molecule has 162 valence electrons. The van der Waals surface area contributed by atoms with E-state index in [0.29, 0.717) is 42.6 Å². The lowest BCUT2D eigenvalue weighted by molar-refractivity contribution is 0.102. The van der Waals surface area contributed by atoms with Crippen LogP contribution in [-0.2, 0) is 0 Å². The minimum atomic E-state index is -0.374. The number of benzene rings is 3. The van der Waals surface area contributed by atoms with Crippen LogP contribution in [0.3, 0.4) is 0 Å². The van der Waals surface area contributed by atoms with E-state index in [-0.39, 0.29) is 11.8 Å². The molecule has 3 aromatic carbocycles. The van der Waals surface area contributed by atoms with Gasteiger partial charge in [0.2, 0.25) is 0 Å². The lowest BCUT2D eigenvalue weighted by atomic mass is 10.2. The van der Waals surface area contributed by atoms with Crippen LogP contribution in [0.15, 0.2) is 60.7 Å². The number of anilines is 2. The molecular weight excluding hydrogens is 491 g/mol. The molecule has 0 unspecified atom stereocenters. The van der Waals surface area contributed by atoms with Crippen LogP contribution in [0.2, 0.25) is 15.1 Å². The molecule has 0 radical (unpaired) electrons. The molecule has 2 amide bonds. The maximum absolute atomic E-state index is 12.8. The number of halogens is 3. The Balaban J connectivity index is 1.55. The fourth-order valence-corrected chi connectivity index (χ4v) is 4.99. The molecule has 0 saturated carbocycles. The second-order valence-electron chi connectivity index (χ2n) is 6.69. The molecule has 0 aliphatic rings. The van der Waals surface area contributed by atoms with Gasteiger partial charge in [0, 0.05) is 26.9 Å². The van der Waals surface area contributed by atoms with Crippen molar-refractivity contribution in [1.29, 1.82) is 0 Å². The summed E-state index contributed by atoms with van der Waals surface area (Å²) in [5.74, 6) is -0.360. The summed E-state index contributed by atoms with van der Waals surface area (Å²) >= 11 is 19.8. The molecule has 0 spiro atoms. The molecule has 4 rings (SSSR count). The van der Waals surface area contributed by atoms with E-state index in [1.165, 1.54) is 18.4 Å². The van der Waals surface area contributed by atoms with Crippen molar-refractivity contribution in [3.63, 3.8) is 0 Å². The molecule has 0 bridgehead atoms. The molecule has 0 aliphatic carbocycles. The van der Waals surface area contributed by atoms with Gasteiger partial charge in [-0.15, -0.1) is 11.3 Å². The van der Waals surface area contributed by atoms with Crippen molar-refractivity contribution < 1.29 is 14.3 Å². The largest absolute Gasteiger partial charge is 0.494 e. The third-order valence-electron chi connectivity index (χ3n) is 4.62. The van der Waals surface area contributed by atoms with E-state index in [2.05, 4.69) is 10.6 Å². The Morgan fingerprint density at radius 3 is 2.44 bits per heavy atom. The highest BCUT2D eigenvalue weighted by atomic mass is 35.5. The molecule has 2 N–H and O–H groups in total. The number of nitrogens with one attached hydrogen (secondary N) is 2. The van der Waals surface area contributed by atoms with Gasteiger partial charge in [-0.05, 0) is 36.4 Å². The third kappa shape index (κ3) is 4.54. The van der Waals surface area contributed by atoms with E-state index in [1.54, 1.807) is 60.7 Å². The predicted molar refractivity (Wildman–Crippen MR) is 132 cm³/mol. The number of fused-ring (bicyclic) bond motifs is 1. The number of ether oxygens (including phenoxy) is 1. The van der Waals surface area contributed by atoms with E-state index in [4.69, 9.17) is 39.5 Å². The minimum Gasteiger partial charge on any atom is -0.494 e. The summed E-state index contributed by atoms with van der Waals surface area (Å²) in [5.41, 5.74) is 1.26. The highest BCUT2D eigenvalue weighted by Gasteiger charge is 2.19. The molecule has 0 atom stereocenters. The van der Waals surface area contributed by atoms with E-state index in [1.807, 2.05) is 0 Å². The summed E-state index contributed by atoms with van der Waals surface area (Å²) in [4.78, 5) is 25.8. The van der Waals surface area contributed by atoms with Crippen LogP contribution < -0.4 is 15.4 Å². The Hall–Kier alpha value is -2.77. The molecule has 0 aliphatic heterocycles. The average Bonchev–Trinajstić information content (AvgIpc) is 3.10. The monoisotopic (exact) mass is 504 g/mol. The van der Waals surface area contributed by atoms with Crippen molar-refractivity contribution in [1.82, 2.24) is 0 Å². The number of carbonyl (C=O) groups is 2. The number of thiophene rings is 1. The second-order valence-corrected chi connectivity index (χ2v) is 8.96. The molecular formula is C23H15Cl3N2O3S. The predicted octanol–water partition coefficient (Wildman–Crippen LogP) is 7.37. The van der Waals surface area contributed by atoms with Crippen molar-refractivity contribution in [2.45, 2.75) is 0 Å². The number of amides is 2. The van der Waals surface area contributed by atoms with Gasteiger partial charge in [0.1, 0.15) is 10.6 Å². The zero-order valence-corrected chi connectivity index (χ0v) is 19.6. The standard InChI is InChI=1S/C23H15Cl3N2O3S/c1-31-18-11-13(7-9-17(18)28-22(29)14-4-2-3-5-16(14)25)27-23(30)21-20(26)15-8-6-12(24)10-19(15)32-21/h2-11H,1H3,(H,27,30)(H,28,29). The molecule has 1 heterocycles. The van der Waals surface area contributed by atoms with E-state index < -0.39 is 0 Å². The van der Waals surface area contributed by atoms with Gasteiger partial charge in [0.25, 0.3) is 11.8 Å². The van der Waals surface area contributed by atoms with E-state index in [9.17, 15) is 9.59 Å². The van der Waals surface area contributed by atoms with E-state index >= 15 is 0 Å². The van der Waals surface area contributed by atoms with Crippen molar-refractivity contribution in [2.24, 2.45) is 0 Å². The maximum Gasteiger partial charge on any atom is 0.267 e. The zero-order valence-electron chi connectivity index (χ0n) is 16.5. The summed E-state index contributed by atoms with van der Waals surface area (Å²) in [6.45, 7) is 0. The first-order valence-corrected chi connectivity index (χ1v) is 11.2. The highest BCUT2D eigenvalue weighted by Crippen LogP contribution is 2.37. The molecule has 0 fully saturated rings. The first-order chi connectivity index (χ1) is 15.4. The van der Waals surface area contributed by atoms with Gasteiger partial charge in [-0.3, -0.25) is 9.59 Å². The summed E-state index contributed by atoms with van der Waals surface area (Å²) in [5, 5.41) is 7.63. The second kappa shape index (κ2) is 9.38. The van der Waals surface area contributed by atoms with Crippen LogP contribution in [0.1, 0.15) is 20.0 Å². The van der Waals surface area contributed by atoms with Gasteiger partial charge >= 0.3 is 0 Å². The molecule has 1 aromatic heterocycles. The van der Waals surface area contributed by atoms with Crippen LogP contribution in [0, 0.1) is 0 Å². The van der Waals surface area contributed by atoms with Gasteiger partial charge in [0.15, 0.2) is 0 Å². The fourth-order valence-electron chi connectivity index (χ4n) is 3.08. The Labute approximate surface area is 202 Å². The summed E-state index contributed by atoms with van der Waals surface area (Å²) in [7, 11) is 1.47. The normalized spacial score (nSPS) is 10.8. The van der Waals surface area contributed by atoms with E-state index in [0.717, 1.165) is 10.1 Å². The molecule has 32 heavy (non-hydrogen) atoms. The summed E-state index contributed by atoms with van der Waals surface area (Å²) in [6, 6.07) is 16.9. The minimum absolute atomic E-state index is 0.341. The molecule has 0 saturated heterocycles. The van der Waals surface area contributed by atoms with Gasteiger partial charge in [0.05, 0.1) is 28.4 Å². The lowest BCUT2D eigenvalue weighted by Gasteiger charge is -2.13. The zero-order chi connectivity index (χ0) is 22.8. The van der Waals surface area contributed by atoms with Crippen LogP contribution in [-0.4, -0.2) is 18.9 Å². The lowest BCUT2D eigenvalue weighted by Crippen LogP contribution is -2.14. The van der Waals surface area contributed by atoms with Crippen molar-refractivity contribution >= 4 is 79.4 Å². The van der Waals surface area contributed by atoms with Crippen molar-refractivity contribution in [2.75, 3.05) is 17.7 Å². The van der Waals surface area contributed by atoms with Gasteiger partial charge < -0.3 is 15.4 Å². The van der Waals surface area contributed by atoms with Gasteiger partial charge in [-0.2, -0.15) is 0 Å². The SMILES string of the molecule is COc1cc(NC(=O)c2sc3cc(Cl)ccc3c2Cl)ccc1NC(=O)c1ccccc1Cl. The van der Waals surface area contributed by atoms with Crippen LogP contribution in [0.5, 0.6) is 5.75 Å². The Kier molecular flexibility index (Phi) is 6.58. The summed E-state index contributed by atoms with van der Waals surface area (Å²) in [6.07, 6.45) is 0. The number of rotatable bonds is 5. The number of carbonyl (C=O) groups excluding carboxylic acids is 2. The smallest absolute Gasteiger partial charge is 0.267 e. The van der Waals surface area contributed by atoms with Crippen molar-refractivity contribution in [3.05, 3.63) is 86.2 Å². The number of hydrogen-bond acceptors (Lipinski definition) is 4. The third-order valence-corrected chi connectivity index (χ3v) is 6.84. The van der Waals surface area contributed by atoms with Crippen LogP contribution in [0.25, 0.3) is 10.1 Å². The molecule has 5 nitrogen and oxygen atoms in total. The maximum atomic E-state index is 12.8. The first kappa shape index (κ1) is 22.4. The Bertz CT molecular complexity index is 1350. The van der Waals surface area contributed by atoms with Crippen molar-refractivity contribution in [3.8, 4) is 5.75 Å². The quantitative estimate of drug-likeness (QED) is 0.297. The Morgan fingerprint density at radius 1 is 0.906 bits per heavy atom. The van der Waals surface area contributed by atoms with Gasteiger partial charge in [-0.25, -0.2) is 0 Å². The fraction of sp³-hybridized carbons (Fsp3) is 0.0435. The van der Waals surface area contributed by atoms with Crippen LogP contribution >= 0.6 is 46.1 Å². The van der Waals surface area contributed by atoms with Gasteiger partial charge in [-0.1, -0.05) is 53.0 Å². The highest BCUT2D eigenvalue weighted by molar-refractivity contribution is 7.21. The number of methoxy groups -OCH3 is 1.